The highest BCUT2D eigenvalue weighted by Crippen LogP contribution is 2.22. The highest BCUT2D eigenvalue weighted by molar-refractivity contribution is 5.91. The van der Waals surface area contributed by atoms with Crippen molar-refractivity contribution in [2.45, 2.75) is 13.5 Å². The van der Waals surface area contributed by atoms with Crippen LogP contribution in [0.25, 0.3) is 11.1 Å². The topological polar surface area (TPSA) is 64.3 Å². The molecule has 0 aliphatic rings. The summed E-state index contributed by atoms with van der Waals surface area (Å²) in [6.45, 7) is 3.05. The van der Waals surface area contributed by atoms with Crippen LogP contribution in [0.15, 0.2) is 30.6 Å². The van der Waals surface area contributed by atoms with E-state index in [4.69, 9.17) is 9.84 Å². The molecule has 1 aromatic heterocycles. The number of aromatic carboxylic acids is 1. The SMILES string of the molecule is COCCn1cc(-c2ccc(C)c(C(=O)O)c2)cn1. The Bertz CT molecular complexity index is 590. The second kappa shape index (κ2) is 5.67. The largest absolute Gasteiger partial charge is 0.478 e. The fourth-order valence-electron chi connectivity index (χ4n) is 1.85. The number of nitrogens with zero attached hydrogens (tertiary/aromatic N) is 2. The lowest BCUT2D eigenvalue weighted by molar-refractivity contribution is 0.0696. The van der Waals surface area contributed by atoms with E-state index in [1.165, 1.54) is 0 Å². The predicted octanol–water partition coefficient (Wildman–Crippen LogP) is 2.20. The summed E-state index contributed by atoms with van der Waals surface area (Å²) >= 11 is 0. The third-order valence-corrected chi connectivity index (χ3v) is 2.96. The molecule has 5 heteroatoms. The van der Waals surface area contributed by atoms with E-state index in [0.29, 0.717) is 18.7 Å². The molecule has 0 amide bonds. The molecule has 0 unspecified atom stereocenters. The smallest absolute Gasteiger partial charge is 0.335 e. The summed E-state index contributed by atoms with van der Waals surface area (Å²) in [7, 11) is 1.64. The molecule has 0 radical (unpaired) electrons. The average Bonchev–Trinajstić information content (AvgIpc) is 2.85. The normalized spacial score (nSPS) is 10.6. The van der Waals surface area contributed by atoms with Crippen LogP contribution in [-0.2, 0) is 11.3 Å². The number of benzene rings is 1. The van der Waals surface area contributed by atoms with Crippen molar-refractivity contribution in [3.8, 4) is 11.1 Å². The maximum atomic E-state index is 11.1. The van der Waals surface area contributed by atoms with Gasteiger partial charge in [0.1, 0.15) is 0 Å². The highest BCUT2D eigenvalue weighted by Gasteiger charge is 2.09. The Morgan fingerprint density at radius 3 is 2.89 bits per heavy atom. The molecule has 0 aliphatic carbocycles. The van der Waals surface area contributed by atoms with E-state index < -0.39 is 5.97 Å². The van der Waals surface area contributed by atoms with Crippen molar-refractivity contribution in [1.29, 1.82) is 0 Å². The zero-order valence-electron chi connectivity index (χ0n) is 11.0. The van der Waals surface area contributed by atoms with Gasteiger partial charge in [-0.1, -0.05) is 12.1 Å². The number of ether oxygens (including phenoxy) is 1. The molecular weight excluding hydrogens is 244 g/mol. The Labute approximate surface area is 111 Å². The second-order valence-electron chi connectivity index (χ2n) is 4.32. The van der Waals surface area contributed by atoms with Crippen LogP contribution in [0.5, 0.6) is 0 Å². The van der Waals surface area contributed by atoms with Gasteiger partial charge >= 0.3 is 5.97 Å². The lowest BCUT2D eigenvalue weighted by atomic mass is 10.0. The molecule has 0 saturated heterocycles. The molecule has 0 atom stereocenters. The minimum atomic E-state index is -0.911. The van der Waals surface area contributed by atoms with Gasteiger partial charge in [0.15, 0.2) is 0 Å². The maximum Gasteiger partial charge on any atom is 0.335 e. The predicted molar refractivity (Wildman–Crippen MR) is 71.2 cm³/mol. The van der Waals surface area contributed by atoms with Gasteiger partial charge in [0.2, 0.25) is 0 Å². The molecule has 0 fully saturated rings. The van der Waals surface area contributed by atoms with Gasteiger partial charge in [-0.2, -0.15) is 5.10 Å². The lowest BCUT2D eigenvalue weighted by Crippen LogP contribution is -2.03. The van der Waals surface area contributed by atoms with E-state index in [9.17, 15) is 4.79 Å². The third kappa shape index (κ3) is 3.00. The van der Waals surface area contributed by atoms with Gasteiger partial charge in [-0.15, -0.1) is 0 Å². The van der Waals surface area contributed by atoms with Gasteiger partial charge < -0.3 is 9.84 Å². The number of rotatable bonds is 5. The molecule has 0 aliphatic heterocycles. The fraction of sp³-hybridized carbons (Fsp3) is 0.286. The summed E-state index contributed by atoms with van der Waals surface area (Å²) in [4.78, 5) is 11.1. The Hall–Kier alpha value is -2.14. The number of aromatic nitrogens is 2. The van der Waals surface area contributed by atoms with Crippen LogP contribution in [0.1, 0.15) is 15.9 Å². The van der Waals surface area contributed by atoms with Gasteiger partial charge in [0.05, 0.1) is 24.9 Å². The molecule has 19 heavy (non-hydrogen) atoms. The Morgan fingerprint density at radius 1 is 1.42 bits per heavy atom. The first kappa shape index (κ1) is 13.3. The third-order valence-electron chi connectivity index (χ3n) is 2.96. The maximum absolute atomic E-state index is 11.1. The molecule has 0 bridgehead atoms. The minimum Gasteiger partial charge on any atom is -0.478 e. The van der Waals surface area contributed by atoms with E-state index >= 15 is 0 Å². The molecule has 1 heterocycles. The second-order valence-corrected chi connectivity index (χ2v) is 4.32. The summed E-state index contributed by atoms with van der Waals surface area (Å²) in [5.41, 5.74) is 2.83. The van der Waals surface area contributed by atoms with Crippen molar-refractivity contribution in [3.63, 3.8) is 0 Å². The van der Waals surface area contributed by atoms with Crippen molar-refractivity contribution >= 4 is 5.97 Å². The average molecular weight is 260 g/mol. The first-order valence-electron chi connectivity index (χ1n) is 5.97. The standard InChI is InChI=1S/C14H16N2O3/c1-10-3-4-11(7-13(10)14(17)18)12-8-15-16(9-12)5-6-19-2/h3-4,7-9H,5-6H2,1-2H3,(H,17,18). The Kier molecular flexibility index (Phi) is 3.97. The molecule has 2 rings (SSSR count). The lowest BCUT2D eigenvalue weighted by Gasteiger charge is -2.03. The summed E-state index contributed by atoms with van der Waals surface area (Å²) in [6, 6.07) is 5.39. The summed E-state index contributed by atoms with van der Waals surface area (Å²) in [5.74, 6) is -0.911. The monoisotopic (exact) mass is 260 g/mol. The van der Waals surface area contributed by atoms with E-state index in [2.05, 4.69) is 5.10 Å². The molecular formula is C14H16N2O3. The number of hydrogen-bond acceptors (Lipinski definition) is 3. The Morgan fingerprint density at radius 2 is 2.21 bits per heavy atom. The van der Waals surface area contributed by atoms with E-state index in [1.807, 2.05) is 18.3 Å². The van der Waals surface area contributed by atoms with Gasteiger partial charge in [0, 0.05) is 18.9 Å². The van der Waals surface area contributed by atoms with Crippen LogP contribution in [0.4, 0.5) is 0 Å². The first-order valence-corrected chi connectivity index (χ1v) is 5.97. The fourth-order valence-corrected chi connectivity index (χ4v) is 1.85. The van der Waals surface area contributed by atoms with Crippen molar-refractivity contribution in [1.82, 2.24) is 9.78 Å². The number of hydrogen-bond donors (Lipinski definition) is 1. The molecule has 1 aromatic carbocycles. The minimum absolute atomic E-state index is 0.321. The quantitative estimate of drug-likeness (QED) is 0.895. The first-order chi connectivity index (χ1) is 9.11. The molecule has 5 nitrogen and oxygen atoms in total. The summed E-state index contributed by atoms with van der Waals surface area (Å²) < 4.78 is 6.77. The van der Waals surface area contributed by atoms with Crippen LogP contribution in [0.2, 0.25) is 0 Å². The number of aryl methyl sites for hydroxylation is 1. The van der Waals surface area contributed by atoms with Gasteiger partial charge in [0.25, 0.3) is 0 Å². The van der Waals surface area contributed by atoms with Crippen LogP contribution in [-0.4, -0.2) is 34.6 Å². The van der Waals surface area contributed by atoms with Crippen molar-refractivity contribution in [3.05, 3.63) is 41.7 Å². The van der Waals surface area contributed by atoms with Crippen molar-refractivity contribution < 1.29 is 14.6 Å². The highest BCUT2D eigenvalue weighted by atomic mass is 16.5. The number of carboxylic acid groups (broad SMARTS) is 1. The molecule has 0 saturated carbocycles. The number of carbonyl (C=O) groups is 1. The molecule has 1 N–H and O–H groups in total. The zero-order valence-corrected chi connectivity index (χ0v) is 11.0. The van der Waals surface area contributed by atoms with Crippen molar-refractivity contribution in [2.24, 2.45) is 0 Å². The van der Waals surface area contributed by atoms with E-state index in [1.54, 1.807) is 31.0 Å². The number of carboxylic acids is 1. The summed E-state index contributed by atoms with van der Waals surface area (Å²) in [6.07, 6.45) is 3.61. The van der Waals surface area contributed by atoms with Gasteiger partial charge in [-0.05, 0) is 24.1 Å². The van der Waals surface area contributed by atoms with E-state index in [0.717, 1.165) is 16.7 Å². The van der Waals surface area contributed by atoms with Gasteiger partial charge in [-0.3, -0.25) is 4.68 Å². The molecule has 0 spiro atoms. The molecule has 100 valence electrons. The van der Waals surface area contributed by atoms with Gasteiger partial charge in [-0.25, -0.2) is 4.79 Å². The Balaban J connectivity index is 2.29. The van der Waals surface area contributed by atoms with Crippen LogP contribution < -0.4 is 0 Å². The van der Waals surface area contributed by atoms with Crippen LogP contribution in [0, 0.1) is 6.92 Å². The summed E-state index contributed by atoms with van der Waals surface area (Å²) in [5, 5.41) is 13.3. The van der Waals surface area contributed by atoms with Crippen molar-refractivity contribution in [2.75, 3.05) is 13.7 Å². The molecule has 2 aromatic rings. The number of methoxy groups -OCH3 is 1. The van der Waals surface area contributed by atoms with E-state index in [-0.39, 0.29) is 0 Å². The van der Waals surface area contributed by atoms with Crippen LogP contribution >= 0.6 is 0 Å². The van der Waals surface area contributed by atoms with Crippen LogP contribution in [0.3, 0.4) is 0 Å². The zero-order chi connectivity index (χ0) is 13.8.